The molecule has 0 aliphatic carbocycles. The van der Waals surface area contributed by atoms with Gasteiger partial charge in [-0.25, -0.2) is 4.98 Å². The van der Waals surface area contributed by atoms with Crippen LogP contribution in [0.4, 0.5) is 0 Å². The Morgan fingerprint density at radius 1 is 1.14 bits per heavy atom. The van der Waals surface area contributed by atoms with Crippen LogP contribution in [0.3, 0.4) is 0 Å². The normalized spacial score (nSPS) is 10.9. The molecule has 0 atom stereocenters. The molecule has 22 heavy (non-hydrogen) atoms. The summed E-state index contributed by atoms with van der Waals surface area (Å²) in [4.78, 5) is 21.0. The minimum Gasteiger partial charge on any atom is -0.504 e. The molecule has 0 bridgehead atoms. The van der Waals surface area contributed by atoms with Gasteiger partial charge in [0.2, 0.25) is 0 Å². The number of allylic oxidation sites excluding steroid dienone is 1. The molecule has 0 saturated heterocycles. The predicted octanol–water partition coefficient (Wildman–Crippen LogP) is 3.01. The predicted molar refractivity (Wildman–Crippen MR) is 84.3 cm³/mol. The molecule has 2 aromatic rings. The van der Waals surface area contributed by atoms with Crippen molar-refractivity contribution >= 4 is 11.9 Å². The van der Waals surface area contributed by atoms with E-state index in [4.69, 9.17) is 4.74 Å². The van der Waals surface area contributed by atoms with E-state index in [9.17, 15) is 9.90 Å². The summed E-state index contributed by atoms with van der Waals surface area (Å²) in [6.07, 6.45) is 3.09. The third kappa shape index (κ3) is 3.31. The number of ether oxygens (including phenoxy) is 1. The third-order valence-corrected chi connectivity index (χ3v) is 3.37. The molecule has 5 heteroatoms. The van der Waals surface area contributed by atoms with E-state index >= 15 is 0 Å². The number of benzene rings is 1. The molecule has 5 nitrogen and oxygen atoms in total. The summed E-state index contributed by atoms with van der Waals surface area (Å²) in [6.45, 7) is 5.63. The first kappa shape index (κ1) is 15.7. The molecule has 2 rings (SSSR count). The van der Waals surface area contributed by atoms with Crippen molar-refractivity contribution in [3.05, 3.63) is 52.6 Å². The number of aromatic hydroxyl groups is 1. The van der Waals surface area contributed by atoms with Gasteiger partial charge in [0.15, 0.2) is 17.3 Å². The zero-order valence-electron chi connectivity index (χ0n) is 13.0. The fraction of sp³-hybridized carbons (Fsp3) is 0.235. The second-order valence-corrected chi connectivity index (χ2v) is 4.95. The van der Waals surface area contributed by atoms with Crippen LogP contribution in [0.25, 0.3) is 6.08 Å². The van der Waals surface area contributed by atoms with Crippen molar-refractivity contribution in [1.82, 2.24) is 9.97 Å². The van der Waals surface area contributed by atoms with Crippen LogP contribution in [0.5, 0.6) is 11.5 Å². The lowest BCUT2D eigenvalue weighted by atomic mass is 10.1. The molecule has 114 valence electrons. The SMILES string of the molecule is COc1cc(C(=O)/C=C/c2nc(C)c(C)nc2C)ccc1O. The van der Waals surface area contributed by atoms with E-state index in [1.54, 1.807) is 12.1 Å². The highest BCUT2D eigenvalue weighted by Crippen LogP contribution is 2.26. The number of phenols is 1. The summed E-state index contributed by atoms with van der Waals surface area (Å²) in [5.74, 6) is 0.0676. The van der Waals surface area contributed by atoms with Crippen molar-refractivity contribution in [2.24, 2.45) is 0 Å². The lowest BCUT2D eigenvalue weighted by Crippen LogP contribution is -2.00. The summed E-state index contributed by atoms with van der Waals surface area (Å²) in [5.41, 5.74) is 3.59. The number of hydrogen-bond donors (Lipinski definition) is 1. The zero-order chi connectivity index (χ0) is 16.3. The number of nitrogens with zero attached hydrogens (tertiary/aromatic N) is 2. The van der Waals surface area contributed by atoms with Crippen LogP contribution < -0.4 is 4.74 Å². The van der Waals surface area contributed by atoms with Crippen molar-refractivity contribution in [3.8, 4) is 11.5 Å². The highest BCUT2D eigenvalue weighted by molar-refractivity contribution is 6.07. The second-order valence-electron chi connectivity index (χ2n) is 4.95. The van der Waals surface area contributed by atoms with E-state index < -0.39 is 0 Å². The fourth-order valence-electron chi connectivity index (χ4n) is 1.97. The van der Waals surface area contributed by atoms with E-state index in [-0.39, 0.29) is 17.3 Å². The third-order valence-electron chi connectivity index (χ3n) is 3.37. The van der Waals surface area contributed by atoms with Gasteiger partial charge in [-0.1, -0.05) is 0 Å². The molecule has 0 radical (unpaired) electrons. The largest absolute Gasteiger partial charge is 0.504 e. The van der Waals surface area contributed by atoms with Crippen molar-refractivity contribution < 1.29 is 14.6 Å². The molecule has 1 heterocycles. The maximum Gasteiger partial charge on any atom is 0.186 e. The topological polar surface area (TPSA) is 72.3 Å². The Morgan fingerprint density at radius 2 is 1.82 bits per heavy atom. The molecule has 1 N–H and O–H groups in total. The molecular weight excluding hydrogens is 280 g/mol. The van der Waals surface area contributed by atoms with Gasteiger partial charge >= 0.3 is 0 Å². The molecule has 0 unspecified atom stereocenters. The summed E-state index contributed by atoms with van der Waals surface area (Å²) in [7, 11) is 1.44. The van der Waals surface area contributed by atoms with Crippen LogP contribution in [0.1, 0.15) is 33.1 Å². The highest BCUT2D eigenvalue weighted by atomic mass is 16.5. The Bertz CT molecular complexity index is 752. The van der Waals surface area contributed by atoms with Gasteiger partial charge in [-0.2, -0.15) is 0 Å². The first-order valence-electron chi connectivity index (χ1n) is 6.83. The monoisotopic (exact) mass is 298 g/mol. The molecule has 1 aromatic carbocycles. The summed E-state index contributed by atoms with van der Waals surface area (Å²) in [5, 5.41) is 9.54. The number of ketones is 1. The van der Waals surface area contributed by atoms with Gasteiger partial charge < -0.3 is 9.84 Å². The number of aryl methyl sites for hydroxylation is 3. The fourth-order valence-corrected chi connectivity index (χ4v) is 1.97. The van der Waals surface area contributed by atoms with E-state index in [0.717, 1.165) is 17.1 Å². The quantitative estimate of drug-likeness (QED) is 0.694. The maximum absolute atomic E-state index is 12.2. The van der Waals surface area contributed by atoms with Crippen LogP contribution in [0, 0.1) is 20.8 Å². The summed E-state index contributed by atoms with van der Waals surface area (Å²) >= 11 is 0. The number of carbonyl (C=O) groups is 1. The molecule has 0 spiro atoms. The van der Waals surface area contributed by atoms with Gasteiger partial charge in [0.05, 0.1) is 29.9 Å². The number of aromatic nitrogens is 2. The minimum atomic E-state index is -0.197. The van der Waals surface area contributed by atoms with Crippen LogP contribution in [0.2, 0.25) is 0 Å². The summed E-state index contributed by atoms with van der Waals surface area (Å²) < 4.78 is 5.00. The van der Waals surface area contributed by atoms with Crippen LogP contribution in [-0.2, 0) is 0 Å². The Kier molecular flexibility index (Phi) is 4.56. The second kappa shape index (κ2) is 6.39. The van der Waals surface area contributed by atoms with Gasteiger partial charge in [0.25, 0.3) is 0 Å². The molecule has 0 saturated carbocycles. The smallest absolute Gasteiger partial charge is 0.186 e. The Balaban J connectivity index is 2.27. The Morgan fingerprint density at radius 3 is 2.50 bits per heavy atom. The molecule has 1 aromatic heterocycles. The van der Waals surface area contributed by atoms with Crippen molar-refractivity contribution in [3.63, 3.8) is 0 Å². The number of phenolic OH excluding ortho intramolecular Hbond substituents is 1. The summed E-state index contributed by atoms with van der Waals surface area (Å²) in [6, 6.07) is 4.48. The Hall–Kier alpha value is -2.69. The van der Waals surface area contributed by atoms with E-state index in [1.165, 1.54) is 25.3 Å². The first-order valence-corrected chi connectivity index (χ1v) is 6.83. The average molecular weight is 298 g/mol. The molecule has 0 amide bonds. The number of hydrogen-bond acceptors (Lipinski definition) is 5. The van der Waals surface area contributed by atoms with Gasteiger partial charge in [-0.05, 0) is 51.1 Å². The first-order chi connectivity index (χ1) is 10.4. The maximum atomic E-state index is 12.2. The van der Waals surface area contributed by atoms with E-state index in [2.05, 4.69) is 9.97 Å². The lowest BCUT2D eigenvalue weighted by Gasteiger charge is -2.05. The number of carbonyl (C=O) groups excluding carboxylic acids is 1. The van der Waals surface area contributed by atoms with Crippen LogP contribution >= 0.6 is 0 Å². The van der Waals surface area contributed by atoms with Gasteiger partial charge in [-0.3, -0.25) is 9.78 Å². The molecular formula is C17H18N2O3. The molecule has 0 fully saturated rings. The van der Waals surface area contributed by atoms with Crippen molar-refractivity contribution in [2.45, 2.75) is 20.8 Å². The van der Waals surface area contributed by atoms with Crippen LogP contribution in [-0.4, -0.2) is 28.0 Å². The van der Waals surface area contributed by atoms with Crippen molar-refractivity contribution in [2.75, 3.05) is 7.11 Å². The van der Waals surface area contributed by atoms with Gasteiger partial charge in [0, 0.05) is 5.56 Å². The number of rotatable bonds is 4. The van der Waals surface area contributed by atoms with E-state index in [0.29, 0.717) is 11.3 Å². The number of methoxy groups -OCH3 is 1. The lowest BCUT2D eigenvalue weighted by molar-refractivity contribution is 0.104. The van der Waals surface area contributed by atoms with Gasteiger partial charge in [0.1, 0.15) is 0 Å². The zero-order valence-corrected chi connectivity index (χ0v) is 13.0. The van der Waals surface area contributed by atoms with Crippen molar-refractivity contribution in [1.29, 1.82) is 0 Å². The van der Waals surface area contributed by atoms with Crippen LogP contribution in [0.15, 0.2) is 24.3 Å². The minimum absolute atomic E-state index is 0.00102. The highest BCUT2D eigenvalue weighted by Gasteiger charge is 2.08. The standard InChI is InChI=1S/C17H18N2O3/c1-10-11(2)19-14(12(3)18-10)6-8-15(20)13-5-7-16(21)17(9-13)22-4/h5-9,21H,1-4H3/b8-6+. The Labute approximate surface area is 129 Å². The van der Waals surface area contributed by atoms with E-state index in [1.807, 2.05) is 20.8 Å². The van der Waals surface area contributed by atoms with Gasteiger partial charge in [-0.15, -0.1) is 0 Å². The molecule has 0 aliphatic heterocycles. The average Bonchev–Trinajstić information content (AvgIpc) is 2.49. The molecule has 0 aliphatic rings.